The van der Waals surface area contributed by atoms with E-state index in [-0.39, 0.29) is 5.02 Å². The smallest absolute Gasteiger partial charge is 0.414 e. The molecular formula is C28H28BrClFN5O6. The molecule has 0 spiro atoms. The Morgan fingerprint density at radius 2 is 1.88 bits per heavy atom. The van der Waals surface area contributed by atoms with E-state index >= 15 is 0 Å². The topological polar surface area (TPSA) is 139 Å². The van der Waals surface area contributed by atoms with Crippen LogP contribution in [0.15, 0.2) is 41.0 Å². The number of carboxylic acid groups (broad SMARTS) is 2. The van der Waals surface area contributed by atoms with Gasteiger partial charge in [-0.1, -0.05) is 11.6 Å². The lowest BCUT2D eigenvalue weighted by atomic mass is 10.2. The number of morpholine rings is 1. The van der Waals surface area contributed by atoms with Crippen LogP contribution in [-0.4, -0.2) is 81.3 Å². The summed E-state index contributed by atoms with van der Waals surface area (Å²) in [6, 6.07) is 9.18. The molecule has 1 saturated heterocycles. The monoisotopic (exact) mass is 663 g/mol. The van der Waals surface area contributed by atoms with Gasteiger partial charge in [-0.2, -0.15) is 5.10 Å². The van der Waals surface area contributed by atoms with E-state index in [1.54, 1.807) is 12.1 Å². The average Bonchev–Trinajstić information content (AvgIpc) is 3.76. The zero-order valence-corrected chi connectivity index (χ0v) is 24.7. The summed E-state index contributed by atoms with van der Waals surface area (Å²) < 4.78 is 28.6. The number of fused-ring (bicyclic) bond motifs is 3. The Balaban J connectivity index is 0.000000535. The first-order chi connectivity index (χ1) is 20.2. The first-order valence-electron chi connectivity index (χ1n) is 13.3. The van der Waals surface area contributed by atoms with Gasteiger partial charge in [0, 0.05) is 36.7 Å². The third kappa shape index (κ3) is 6.92. The molecule has 3 heterocycles. The van der Waals surface area contributed by atoms with Gasteiger partial charge in [0.05, 0.1) is 51.9 Å². The molecule has 11 nitrogen and oxygen atoms in total. The molecule has 42 heavy (non-hydrogen) atoms. The van der Waals surface area contributed by atoms with Crippen molar-refractivity contribution in [2.24, 2.45) is 0 Å². The van der Waals surface area contributed by atoms with Crippen molar-refractivity contribution >= 4 is 72.8 Å². The lowest BCUT2D eigenvalue weighted by Gasteiger charge is -2.26. The lowest BCUT2D eigenvalue weighted by molar-refractivity contribution is -0.159. The average molecular weight is 665 g/mol. The minimum absolute atomic E-state index is 0.0530. The van der Waals surface area contributed by atoms with Crippen molar-refractivity contribution in [2.45, 2.75) is 25.3 Å². The number of rotatable bonds is 8. The number of nitrogens with one attached hydrogen (secondary N) is 1. The van der Waals surface area contributed by atoms with Gasteiger partial charge in [0.1, 0.15) is 11.6 Å². The van der Waals surface area contributed by atoms with Crippen LogP contribution < -0.4 is 10.1 Å². The van der Waals surface area contributed by atoms with Gasteiger partial charge in [-0.05, 0) is 65.5 Å². The highest BCUT2D eigenvalue weighted by atomic mass is 79.9. The number of anilines is 2. The molecule has 1 aliphatic carbocycles. The zero-order chi connectivity index (χ0) is 29.8. The molecule has 2 aromatic carbocycles. The maximum atomic E-state index is 13.7. The number of aromatic nitrogens is 3. The number of ether oxygens (including phenoxy) is 2. The minimum atomic E-state index is -1.82. The van der Waals surface area contributed by atoms with E-state index < -0.39 is 17.8 Å². The first kappa shape index (κ1) is 30.0. The quantitative estimate of drug-likeness (QED) is 0.164. The molecule has 14 heteroatoms. The van der Waals surface area contributed by atoms with Crippen molar-refractivity contribution in [1.82, 2.24) is 19.7 Å². The zero-order valence-electron chi connectivity index (χ0n) is 22.4. The maximum Gasteiger partial charge on any atom is 0.414 e. The SMILES string of the molecule is Fc1ccc(Nc2nncc3c2c2cc(OCCCN4CCOCC4)c(Br)cc2n3C2CC2)cc1Cl.O=C(O)C(=O)O. The fraction of sp³-hybridized carbons (Fsp3) is 0.357. The number of hydrogen-bond acceptors (Lipinski definition) is 8. The van der Waals surface area contributed by atoms with Crippen LogP contribution in [0.5, 0.6) is 5.75 Å². The molecule has 2 aliphatic rings. The summed E-state index contributed by atoms with van der Waals surface area (Å²) in [6.45, 7) is 5.18. The largest absolute Gasteiger partial charge is 0.492 e. The van der Waals surface area contributed by atoms with Gasteiger partial charge in [0.15, 0.2) is 5.82 Å². The minimum Gasteiger partial charge on any atom is -0.492 e. The predicted molar refractivity (Wildman–Crippen MR) is 158 cm³/mol. The second-order valence-corrected chi connectivity index (χ2v) is 11.1. The Morgan fingerprint density at radius 1 is 1.14 bits per heavy atom. The molecule has 1 saturated carbocycles. The van der Waals surface area contributed by atoms with Gasteiger partial charge in [0.2, 0.25) is 0 Å². The number of nitrogens with zero attached hydrogens (tertiary/aromatic N) is 4. The van der Waals surface area contributed by atoms with Crippen molar-refractivity contribution in [3.8, 4) is 5.75 Å². The van der Waals surface area contributed by atoms with E-state index in [0.29, 0.717) is 24.2 Å². The number of hydrogen-bond donors (Lipinski definition) is 3. The van der Waals surface area contributed by atoms with E-state index in [0.717, 1.165) is 84.1 Å². The van der Waals surface area contributed by atoms with Gasteiger partial charge >= 0.3 is 11.9 Å². The molecule has 0 amide bonds. The Bertz CT molecular complexity index is 1610. The molecule has 0 bridgehead atoms. The number of carbonyl (C=O) groups is 2. The van der Waals surface area contributed by atoms with Crippen molar-refractivity contribution < 1.29 is 33.7 Å². The fourth-order valence-electron chi connectivity index (χ4n) is 4.83. The van der Waals surface area contributed by atoms with Crippen LogP contribution in [0.3, 0.4) is 0 Å². The van der Waals surface area contributed by atoms with Crippen LogP contribution in [-0.2, 0) is 14.3 Å². The highest BCUT2D eigenvalue weighted by Gasteiger charge is 2.29. The molecule has 222 valence electrons. The third-order valence-electron chi connectivity index (χ3n) is 6.93. The van der Waals surface area contributed by atoms with E-state index in [1.807, 2.05) is 6.20 Å². The normalized spacial score (nSPS) is 15.3. The van der Waals surface area contributed by atoms with Crippen molar-refractivity contribution in [1.29, 1.82) is 0 Å². The molecule has 3 N–H and O–H groups in total. The van der Waals surface area contributed by atoms with Gasteiger partial charge in [0.25, 0.3) is 0 Å². The van der Waals surface area contributed by atoms with E-state index in [2.05, 4.69) is 53.0 Å². The summed E-state index contributed by atoms with van der Waals surface area (Å²) in [6.07, 6.45) is 5.02. The number of carboxylic acids is 2. The van der Waals surface area contributed by atoms with Crippen molar-refractivity contribution in [2.75, 3.05) is 44.8 Å². The van der Waals surface area contributed by atoms with E-state index in [1.165, 1.54) is 6.07 Å². The molecule has 6 rings (SSSR count). The Morgan fingerprint density at radius 3 is 2.55 bits per heavy atom. The maximum absolute atomic E-state index is 13.7. The van der Waals surface area contributed by atoms with Crippen LogP contribution in [0.1, 0.15) is 25.3 Å². The van der Waals surface area contributed by atoms with Gasteiger partial charge in [-0.3, -0.25) is 4.90 Å². The fourth-order valence-corrected chi connectivity index (χ4v) is 5.45. The molecular weight excluding hydrogens is 637 g/mol. The summed E-state index contributed by atoms with van der Waals surface area (Å²) in [5, 5.41) is 28.8. The Labute approximate surface area is 253 Å². The molecule has 0 radical (unpaired) electrons. The van der Waals surface area contributed by atoms with Crippen LogP contribution in [0.2, 0.25) is 5.02 Å². The Hall–Kier alpha value is -3.52. The standard InChI is InChI=1S/C26H26BrClFN5O2.C2H2O4/c27-19-14-22-18(13-24(19)36-9-1-6-33-7-10-35-11-8-33)25-23(34(22)17-3-4-17)15-30-32-26(25)31-16-2-5-21(29)20(28)12-16;3-1(4)2(5)6/h2,5,12-15,17H,1,3-4,6-11H2,(H,31,32);(H,3,4)(H,5,6). The molecule has 2 aromatic heterocycles. The summed E-state index contributed by atoms with van der Waals surface area (Å²) in [4.78, 5) is 20.6. The summed E-state index contributed by atoms with van der Waals surface area (Å²) in [5.41, 5.74) is 2.76. The molecule has 0 unspecified atom stereocenters. The van der Waals surface area contributed by atoms with Gasteiger partial charge in [-0.15, -0.1) is 5.10 Å². The number of aliphatic carboxylic acids is 2. The van der Waals surface area contributed by atoms with Gasteiger partial charge < -0.3 is 29.6 Å². The highest BCUT2D eigenvalue weighted by Crippen LogP contribution is 2.46. The van der Waals surface area contributed by atoms with E-state index in [4.69, 9.17) is 40.9 Å². The summed E-state index contributed by atoms with van der Waals surface area (Å²) in [5.74, 6) is -2.71. The highest BCUT2D eigenvalue weighted by molar-refractivity contribution is 9.10. The molecule has 4 aromatic rings. The predicted octanol–water partition coefficient (Wildman–Crippen LogP) is 5.47. The first-order valence-corrected chi connectivity index (χ1v) is 14.5. The van der Waals surface area contributed by atoms with Crippen LogP contribution in [0, 0.1) is 5.82 Å². The summed E-state index contributed by atoms with van der Waals surface area (Å²) in [7, 11) is 0. The third-order valence-corrected chi connectivity index (χ3v) is 7.84. The number of halogens is 3. The van der Waals surface area contributed by atoms with E-state index in [9.17, 15) is 4.39 Å². The number of benzene rings is 2. The molecule has 1 aliphatic heterocycles. The summed E-state index contributed by atoms with van der Waals surface area (Å²) >= 11 is 9.74. The van der Waals surface area contributed by atoms with Crippen molar-refractivity contribution in [3.05, 3.63) is 51.8 Å². The molecule has 2 fully saturated rings. The van der Waals surface area contributed by atoms with Crippen LogP contribution in [0.25, 0.3) is 21.8 Å². The van der Waals surface area contributed by atoms with Crippen LogP contribution >= 0.6 is 27.5 Å². The van der Waals surface area contributed by atoms with Gasteiger partial charge in [-0.25, -0.2) is 14.0 Å². The molecule has 0 atom stereocenters. The van der Waals surface area contributed by atoms with Crippen LogP contribution in [0.4, 0.5) is 15.9 Å². The Kier molecular flexibility index (Phi) is 9.41. The lowest BCUT2D eigenvalue weighted by Crippen LogP contribution is -2.37. The van der Waals surface area contributed by atoms with Crippen molar-refractivity contribution in [3.63, 3.8) is 0 Å². The second-order valence-electron chi connectivity index (χ2n) is 9.87. The second kappa shape index (κ2) is 13.2.